The summed E-state index contributed by atoms with van der Waals surface area (Å²) in [6, 6.07) is 0. The van der Waals surface area contributed by atoms with Crippen LogP contribution in [0.4, 0.5) is 0 Å². The summed E-state index contributed by atoms with van der Waals surface area (Å²) in [4.78, 5) is 0. The molecule has 0 aromatic carbocycles. The van der Waals surface area contributed by atoms with Crippen LogP contribution in [0, 0.1) is 12.8 Å². The lowest BCUT2D eigenvalue weighted by molar-refractivity contribution is 0.0968. The predicted octanol–water partition coefficient (Wildman–Crippen LogP) is 3.26. The molecule has 1 fully saturated rings. The van der Waals surface area contributed by atoms with Gasteiger partial charge in [0, 0.05) is 13.5 Å². The highest BCUT2D eigenvalue weighted by Crippen LogP contribution is 2.29. The van der Waals surface area contributed by atoms with Crippen LogP contribution in [0.3, 0.4) is 0 Å². The van der Waals surface area contributed by atoms with Crippen LogP contribution in [0.2, 0.25) is 5.02 Å². The summed E-state index contributed by atoms with van der Waals surface area (Å²) in [7, 11) is 1.90. The molecule has 0 radical (unpaired) electrons. The van der Waals surface area contributed by atoms with Gasteiger partial charge in [0.05, 0.1) is 22.5 Å². The number of aliphatic hydroxyl groups excluding tert-OH is 1. The molecule has 0 spiro atoms. The maximum absolute atomic E-state index is 10.4. The minimum absolute atomic E-state index is 0.282. The average Bonchev–Trinajstić information content (AvgIpc) is 2.58. The molecule has 1 aliphatic carbocycles. The number of aliphatic hydroxyl groups is 1. The zero-order valence-electron chi connectivity index (χ0n) is 11.3. The van der Waals surface area contributed by atoms with Gasteiger partial charge in [0.25, 0.3) is 0 Å². The van der Waals surface area contributed by atoms with Crippen LogP contribution in [0.1, 0.15) is 49.9 Å². The van der Waals surface area contributed by atoms with Gasteiger partial charge < -0.3 is 5.11 Å². The van der Waals surface area contributed by atoms with E-state index in [1.165, 1.54) is 25.7 Å². The molecule has 1 N–H and O–H groups in total. The lowest BCUT2D eigenvalue weighted by Gasteiger charge is -2.21. The second-order valence-corrected chi connectivity index (χ2v) is 5.87. The van der Waals surface area contributed by atoms with Crippen molar-refractivity contribution in [1.29, 1.82) is 0 Å². The zero-order chi connectivity index (χ0) is 13.1. The van der Waals surface area contributed by atoms with Crippen LogP contribution >= 0.6 is 11.6 Å². The number of rotatable bonds is 3. The van der Waals surface area contributed by atoms with Crippen molar-refractivity contribution in [3.05, 3.63) is 16.4 Å². The maximum atomic E-state index is 10.4. The fraction of sp³-hybridized carbons (Fsp3) is 0.786. The van der Waals surface area contributed by atoms with E-state index < -0.39 is 0 Å². The van der Waals surface area contributed by atoms with Gasteiger partial charge in [0.15, 0.2) is 0 Å². The largest absolute Gasteiger partial charge is 0.392 e. The van der Waals surface area contributed by atoms with Crippen LogP contribution in [0.25, 0.3) is 0 Å². The molecule has 0 aliphatic heterocycles. The number of aromatic nitrogens is 2. The smallest absolute Gasteiger partial charge is 0.0847 e. The van der Waals surface area contributed by atoms with Crippen molar-refractivity contribution >= 4 is 11.6 Å². The molecule has 1 aliphatic rings. The summed E-state index contributed by atoms with van der Waals surface area (Å²) >= 11 is 6.23. The van der Waals surface area contributed by atoms with Gasteiger partial charge >= 0.3 is 0 Å². The Morgan fingerprint density at radius 1 is 1.33 bits per heavy atom. The summed E-state index contributed by atoms with van der Waals surface area (Å²) in [6.45, 7) is 1.91. The molecule has 4 heteroatoms. The molecule has 1 heterocycles. The van der Waals surface area contributed by atoms with Crippen molar-refractivity contribution < 1.29 is 5.11 Å². The quantitative estimate of drug-likeness (QED) is 0.856. The standard InChI is InChI=1S/C14H23ClN2O/c1-10-14(15)12(17(2)16-10)9-13(18)11-7-5-3-4-6-8-11/h11,13,18H,3-9H2,1-2H3. The number of hydrogen-bond acceptors (Lipinski definition) is 2. The minimum Gasteiger partial charge on any atom is -0.392 e. The van der Waals surface area contributed by atoms with Crippen molar-refractivity contribution in [1.82, 2.24) is 9.78 Å². The molecule has 102 valence electrons. The Kier molecular flexibility index (Phi) is 4.68. The first-order valence-electron chi connectivity index (χ1n) is 6.95. The number of hydrogen-bond donors (Lipinski definition) is 1. The number of nitrogens with zero attached hydrogens (tertiary/aromatic N) is 2. The van der Waals surface area contributed by atoms with Gasteiger partial charge in [0.1, 0.15) is 0 Å². The van der Waals surface area contributed by atoms with E-state index in [2.05, 4.69) is 5.10 Å². The van der Waals surface area contributed by atoms with Gasteiger partial charge in [-0.25, -0.2) is 0 Å². The van der Waals surface area contributed by atoms with Crippen molar-refractivity contribution in [3.63, 3.8) is 0 Å². The Bertz CT molecular complexity index is 395. The van der Waals surface area contributed by atoms with Crippen molar-refractivity contribution in [2.24, 2.45) is 13.0 Å². The summed E-state index contributed by atoms with van der Waals surface area (Å²) in [6.07, 6.45) is 7.77. The molecule has 3 nitrogen and oxygen atoms in total. The van der Waals surface area contributed by atoms with Crippen molar-refractivity contribution in [2.45, 2.75) is 58.0 Å². The van der Waals surface area contributed by atoms with E-state index in [1.807, 2.05) is 14.0 Å². The Labute approximate surface area is 114 Å². The molecular weight excluding hydrogens is 248 g/mol. The van der Waals surface area contributed by atoms with E-state index in [0.29, 0.717) is 17.4 Å². The van der Waals surface area contributed by atoms with Gasteiger partial charge in [-0.2, -0.15) is 5.10 Å². The number of halogens is 1. The van der Waals surface area contributed by atoms with Gasteiger partial charge in [-0.1, -0.05) is 37.3 Å². The lowest BCUT2D eigenvalue weighted by Crippen LogP contribution is -2.23. The molecule has 2 rings (SSSR count). The van der Waals surface area contributed by atoms with E-state index in [-0.39, 0.29) is 6.10 Å². The van der Waals surface area contributed by atoms with E-state index in [0.717, 1.165) is 24.2 Å². The van der Waals surface area contributed by atoms with Gasteiger partial charge in [-0.05, 0) is 25.7 Å². The summed E-state index contributed by atoms with van der Waals surface area (Å²) in [5, 5.41) is 15.4. The maximum Gasteiger partial charge on any atom is 0.0847 e. The van der Waals surface area contributed by atoms with E-state index in [9.17, 15) is 5.11 Å². The van der Waals surface area contributed by atoms with Crippen LogP contribution in [0.15, 0.2) is 0 Å². The van der Waals surface area contributed by atoms with E-state index in [1.54, 1.807) is 4.68 Å². The van der Waals surface area contributed by atoms with Crippen molar-refractivity contribution in [2.75, 3.05) is 0 Å². The topological polar surface area (TPSA) is 38.0 Å². The van der Waals surface area contributed by atoms with Crippen LogP contribution in [-0.4, -0.2) is 21.0 Å². The second kappa shape index (κ2) is 6.07. The third kappa shape index (κ3) is 3.07. The molecule has 1 saturated carbocycles. The highest BCUT2D eigenvalue weighted by atomic mass is 35.5. The average molecular weight is 271 g/mol. The van der Waals surface area contributed by atoms with Crippen molar-refractivity contribution in [3.8, 4) is 0 Å². The molecule has 0 amide bonds. The Morgan fingerprint density at radius 3 is 2.44 bits per heavy atom. The molecule has 1 aromatic heterocycles. The van der Waals surface area contributed by atoms with Gasteiger partial charge in [0.2, 0.25) is 0 Å². The fourth-order valence-corrected chi connectivity index (χ4v) is 3.20. The van der Waals surface area contributed by atoms with E-state index >= 15 is 0 Å². The summed E-state index contributed by atoms with van der Waals surface area (Å²) < 4.78 is 1.80. The number of aryl methyl sites for hydroxylation is 2. The fourth-order valence-electron chi connectivity index (χ4n) is 2.96. The highest BCUT2D eigenvalue weighted by Gasteiger charge is 2.23. The molecule has 0 bridgehead atoms. The first-order chi connectivity index (χ1) is 8.59. The lowest BCUT2D eigenvalue weighted by atomic mass is 9.91. The normalized spacial score (nSPS) is 19.8. The molecular formula is C14H23ClN2O. The summed E-state index contributed by atoms with van der Waals surface area (Å²) in [5.74, 6) is 0.429. The molecule has 18 heavy (non-hydrogen) atoms. The second-order valence-electron chi connectivity index (χ2n) is 5.49. The third-order valence-electron chi connectivity index (χ3n) is 4.11. The Hall–Kier alpha value is -0.540. The first kappa shape index (κ1) is 13.9. The molecule has 1 atom stereocenters. The third-order valence-corrected chi connectivity index (χ3v) is 4.60. The molecule has 0 saturated heterocycles. The van der Waals surface area contributed by atoms with Crippen LogP contribution in [0.5, 0.6) is 0 Å². The monoisotopic (exact) mass is 270 g/mol. The highest BCUT2D eigenvalue weighted by molar-refractivity contribution is 6.31. The summed E-state index contributed by atoms with van der Waals surface area (Å²) in [5.41, 5.74) is 1.81. The molecule has 1 unspecified atom stereocenters. The van der Waals surface area contributed by atoms with Crippen LogP contribution in [-0.2, 0) is 13.5 Å². The van der Waals surface area contributed by atoms with Gasteiger partial charge in [-0.3, -0.25) is 4.68 Å². The first-order valence-corrected chi connectivity index (χ1v) is 7.33. The van der Waals surface area contributed by atoms with Gasteiger partial charge in [-0.15, -0.1) is 0 Å². The van der Waals surface area contributed by atoms with Crippen LogP contribution < -0.4 is 0 Å². The van der Waals surface area contributed by atoms with E-state index in [4.69, 9.17) is 11.6 Å². The zero-order valence-corrected chi connectivity index (χ0v) is 12.1. The predicted molar refractivity (Wildman–Crippen MR) is 73.9 cm³/mol. The SMILES string of the molecule is Cc1nn(C)c(CC(O)C2CCCCCC2)c1Cl. The molecule has 1 aromatic rings. The Balaban J connectivity index is 2.03. The Morgan fingerprint density at radius 2 is 1.94 bits per heavy atom. The minimum atomic E-state index is -0.282.